The summed E-state index contributed by atoms with van der Waals surface area (Å²) in [5.74, 6) is 0. The molecular weight excluding hydrogens is 222 g/mol. The molecule has 0 bridgehead atoms. The summed E-state index contributed by atoms with van der Waals surface area (Å²) in [5.41, 5.74) is 2.96. The molecule has 1 unspecified atom stereocenters. The first kappa shape index (κ1) is 14.5. The zero-order valence-electron chi connectivity index (χ0n) is 11.8. The highest BCUT2D eigenvalue weighted by molar-refractivity contribution is 5.54. The summed E-state index contributed by atoms with van der Waals surface area (Å²) in [5, 5.41) is 12.4. The van der Waals surface area contributed by atoms with E-state index in [0.29, 0.717) is 6.04 Å². The van der Waals surface area contributed by atoms with Crippen molar-refractivity contribution in [1.82, 2.24) is 4.90 Å². The monoisotopic (exact) mass is 245 g/mol. The molecule has 0 heterocycles. The van der Waals surface area contributed by atoms with Crippen molar-refractivity contribution in [1.29, 1.82) is 5.26 Å². The van der Waals surface area contributed by atoms with Gasteiger partial charge in [-0.3, -0.25) is 0 Å². The molecule has 1 N–H and O–H groups in total. The molecule has 1 aromatic carbocycles. The van der Waals surface area contributed by atoms with Gasteiger partial charge >= 0.3 is 0 Å². The molecule has 0 aliphatic heterocycles. The Bertz CT molecular complexity index is 416. The van der Waals surface area contributed by atoms with Crippen molar-refractivity contribution < 1.29 is 0 Å². The van der Waals surface area contributed by atoms with Crippen LogP contribution in [-0.4, -0.2) is 30.6 Å². The van der Waals surface area contributed by atoms with Crippen molar-refractivity contribution in [2.45, 2.75) is 33.7 Å². The molecule has 0 aromatic heterocycles. The summed E-state index contributed by atoms with van der Waals surface area (Å²) in [4.78, 5) is 2.40. The van der Waals surface area contributed by atoms with Crippen molar-refractivity contribution in [2.24, 2.45) is 0 Å². The summed E-state index contributed by atoms with van der Waals surface area (Å²) in [6, 6.07) is 8.34. The predicted molar refractivity (Wildman–Crippen MR) is 76.8 cm³/mol. The first-order chi connectivity index (χ1) is 8.60. The summed E-state index contributed by atoms with van der Waals surface area (Å²) in [6.45, 7) is 11.8. The van der Waals surface area contributed by atoms with E-state index < -0.39 is 0 Å². The van der Waals surface area contributed by atoms with E-state index in [0.717, 1.165) is 36.4 Å². The quantitative estimate of drug-likeness (QED) is 0.837. The van der Waals surface area contributed by atoms with E-state index in [9.17, 15) is 0 Å². The minimum absolute atomic E-state index is 0.400. The van der Waals surface area contributed by atoms with Crippen LogP contribution in [0, 0.1) is 18.3 Å². The fourth-order valence-corrected chi connectivity index (χ4v) is 2.08. The molecule has 0 radical (unpaired) electrons. The standard InChI is InChI=1S/C15H23N3/c1-5-18(6-2)11-13(4)17-15-8-7-14(10-16)9-12(15)3/h7-9,13,17H,5-6,11H2,1-4H3. The lowest BCUT2D eigenvalue weighted by atomic mass is 10.1. The maximum absolute atomic E-state index is 8.84. The number of nitrogens with one attached hydrogen (secondary N) is 1. The number of likely N-dealkylation sites (N-methyl/N-ethyl adjacent to an activating group) is 1. The van der Waals surface area contributed by atoms with Crippen LogP contribution in [0.4, 0.5) is 5.69 Å². The normalized spacial score (nSPS) is 12.2. The molecule has 18 heavy (non-hydrogen) atoms. The Morgan fingerprint density at radius 1 is 1.33 bits per heavy atom. The number of nitriles is 1. The summed E-state index contributed by atoms with van der Waals surface area (Å²) >= 11 is 0. The van der Waals surface area contributed by atoms with Crippen molar-refractivity contribution in [3.05, 3.63) is 29.3 Å². The minimum atomic E-state index is 0.400. The number of rotatable bonds is 6. The van der Waals surface area contributed by atoms with E-state index in [1.54, 1.807) is 0 Å². The maximum Gasteiger partial charge on any atom is 0.0991 e. The SMILES string of the molecule is CCN(CC)CC(C)Nc1ccc(C#N)cc1C. The maximum atomic E-state index is 8.84. The van der Waals surface area contributed by atoms with Gasteiger partial charge in [0.05, 0.1) is 11.6 Å². The summed E-state index contributed by atoms with van der Waals surface area (Å²) < 4.78 is 0. The molecule has 0 saturated carbocycles. The number of hydrogen-bond donors (Lipinski definition) is 1. The summed E-state index contributed by atoms with van der Waals surface area (Å²) in [7, 11) is 0. The Kier molecular flexibility index (Phi) is 5.67. The molecule has 0 aliphatic rings. The molecule has 98 valence electrons. The molecule has 0 spiro atoms. The van der Waals surface area contributed by atoms with Crippen LogP contribution in [-0.2, 0) is 0 Å². The second-order valence-corrected chi connectivity index (χ2v) is 4.67. The molecule has 0 amide bonds. The van der Waals surface area contributed by atoms with Gasteiger partial charge in [-0.05, 0) is 50.7 Å². The molecule has 0 fully saturated rings. The lowest BCUT2D eigenvalue weighted by Crippen LogP contribution is -2.34. The molecule has 0 saturated heterocycles. The smallest absolute Gasteiger partial charge is 0.0991 e. The van der Waals surface area contributed by atoms with Crippen molar-refractivity contribution in [3.8, 4) is 6.07 Å². The minimum Gasteiger partial charge on any atom is -0.381 e. The molecule has 3 heteroatoms. The van der Waals surface area contributed by atoms with Crippen LogP contribution < -0.4 is 5.32 Å². The van der Waals surface area contributed by atoms with Crippen LogP contribution in [0.25, 0.3) is 0 Å². The number of anilines is 1. The molecular formula is C15H23N3. The average Bonchev–Trinajstić information content (AvgIpc) is 2.38. The molecule has 1 atom stereocenters. The van der Waals surface area contributed by atoms with Crippen LogP contribution in [0.5, 0.6) is 0 Å². The van der Waals surface area contributed by atoms with Crippen LogP contribution >= 0.6 is 0 Å². The number of hydrogen-bond acceptors (Lipinski definition) is 3. The highest BCUT2D eigenvalue weighted by Crippen LogP contribution is 2.17. The van der Waals surface area contributed by atoms with Crippen molar-refractivity contribution in [3.63, 3.8) is 0 Å². The lowest BCUT2D eigenvalue weighted by molar-refractivity contribution is 0.295. The van der Waals surface area contributed by atoms with Gasteiger partial charge in [-0.1, -0.05) is 13.8 Å². The number of aryl methyl sites for hydroxylation is 1. The van der Waals surface area contributed by atoms with Gasteiger partial charge < -0.3 is 10.2 Å². The van der Waals surface area contributed by atoms with E-state index >= 15 is 0 Å². The van der Waals surface area contributed by atoms with E-state index in [-0.39, 0.29) is 0 Å². The molecule has 1 rings (SSSR count). The molecule has 1 aromatic rings. The Morgan fingerprint density at radius 3 is 2.50 bits per heavy atom. The van der Waals surface area contributed by atoms with Gasteiger partial charge in [-0.25, -0.2) is 0 Å². The van der Waals surface area contributed by atoms with Crippen LogP contribution in [0.15, 0.2) is 18.2 Å². The van der Waals surface area contributed by atoms with Gasteiger partial charge in [-0.15, -0.1) is 0 Å². The lowest BCUT2D eigenvalue weighted by Gasteiger charge is -2.24. The van der Waals surface area contributed by atoms with Gasteiger partial charge in [0.2, 0.25) is 0 Å². The zero-order chi connectivity index (χ0) is 13.5. The van der Waals surface area contributed by atoms with E-state index in [1.165, 1.54) is 0 Å². The van der Waals surface area contributed by atoms with Crippen LogP contribution in [0.3, 0.4) is 0 Å². The van der Waals surface area contributed by atoms with Crippen LogP contribution in [0.1, 0.15) is 31.9 Å². The van der Waals surface area contributed by atoms with E-state index in [4.69, 9.17) is 5.26 Å². The third-order valence-electron chi connectivity index (χ3n) is 3.18. The largest absolute Gasteiger partial charge is 0.381 e. The Hall–Kier alpha value is -1.53. The predicted octanol–water partition coefficient (Wildman–Crippen LogP) is 3.01. The fourth-order valence-electron chi connectivity index (χ4n) is 2.08. The number of benzene rings is 1. The highest BCUT2D eigenvalue weighted by Gasteiger charge is 2.08. The second kappa shape index (κ2) is 7.03. The highest BCUT2D eigenvalue weighted by atomic mass is 15.1. The van der Waals surface area contributed by atoms with Gasteiger partial charge in [0.25, 0.3) is 0 Å². The fraction of sp³-hybridized carbons (Fsp3) is 0.533. The van der Waals surface area contributed by atoms with Gasteiger partial charge in [0.1, 0.15) is 0 Å². The first-order valence-corrected chi connectivity index (χ1v) is 6.60. The molecule has 3 nitrogen and oxygen atoms in total. The Morgan fingerprint density at radius 2 is 2.00 bits per heavy atom. The Balaban J connectivity index is 2.65. The number of nitrogens with zero attached hydrogens (tertiary/aromatic N) is 2. The topological polar surface area (TPSA) is 39.1 Å². The second-order valence-electron chi connectivity index (χ2n) is 4.67. The zero-order valence-corrected chi connectivity index (χ0v) is 11.8. The van der Waals surface area contributed by atoms with E-state index in [2.05, 4.69) is 37.1 Å². The van der Waals surface area contributed by atoms with Gasteiger partial charge in [0.15, 0.2) is 0 Å². The third kappa shape index (κ3) is 4.05. The first-order valence-electron chi connectivity index (χ1n) is 6.60. The van der Waals surface area contributed by atoms with E-state index in [1.807, 2.05) is 25.1 Å². The van der Waals surface area contributed by atoms with Crippen molar-refractivity contribution in [2.75, 3.05) is 25.0 Å². The van der Waals surface area contributed by atoms with Crippen LogP contribution in [0.2, 0.25) is 0 Å². The molecule has 0 aliphatic carbocycles. The average molecular weight is 245 g/mol. The van der Waals surface area contributed by atoms with Gasteiger partial charge in [-0.2, -0.15) is 5.26 Å². The Labute approximate surface area is 110 Å². The third-order valence-corrected chi connectivity index (χ3v) is 3.18. The summed E-state index contributed by atoms with van der Waals surface area (Å²) in [6.07, 6.45) is 0. The van der Waals surface area contributed by atoms with Crippen molar-refractivity contribution >= 4 is 5.69 Å². The van der Waals surface area contributed by atoms with Gasteiger partial charge in [0, 0.05) is 18.3 Å².